The van der Waals surface area contributed by atoms with Gasteiger partial charge in [0, 0.05) is 31.2 Å². The number of thioether (sulfide) groups is 1. The predicted molar refractivity (Wildman–Crippen MR) is 99.1 cm³/mol. The molecule has 23 heavy (non-hydrogen) atoms. The van der Waals surface area contributed by atoms with Crippen LogP contribution in [0.5, 0.6) is 0 Å². The molecule has 0 saturated carbocycles. The quantitative estimate of drug-likeness (QED) is 0.817. The number of hydrogen-bond acceptors (Lipinski definition) is 3. The van der Waals surface area contributed by atoms with E-state index in [0.29, 0.717) is 6.54 Å². The SMILES string of the molecule is Cc1ccc(S[C@@H](C)C(=O)NCc2ccc(N(C)C)cc2)cc1. The van der Waals surface area contributed by atoms with Gasteiger partial charge in [-0.3, -0.25) is 4.79 Å². The van der Waals surface area contributed by atoms with E-state index in [1.165, 1.54) is 5.56 Å². The van der Waals surface area contributed by atoms with Crippen LogP contribution < -0.4 is 10.2 Å². The highest BCUT2D eigenvalue weighted by Crippen LogP contribution is 2.23. The summed E-state index contributed by atoms with van der Waals surface area (Å²) in [6.07, 6.45) is 0. The van der Waals surface area contributed by atoms with E-state index >= 15 is 0 Å². The molecular formula is C19H24N2OS. The molecule has 1 N–H and O–H groups in total. The van der Waals surface area contributed by atoms with Crippen LogP contribution in [0, 0.1) is 6.92 Å². The third kappa shape index (κ3) is 5.32. The largest absolute Gasteiger partial charge is 0.378 e. The molecule has 0 aliphatic heterocycles. The molecule has 0 saturated heterocycles. The Labute approximate surface area is 143 Å². The predicted octanol–water partition coefficient (Wildman–Crippen LogP) is 3.86. The maximum atomic E-state index is 12.2. The van der Waals surface area contributed by atoms with Crippen molar-refractivity contribution in [1.82, 2.24) is 5.32 Å². The highest BCUT2D eigenvalue weighted by molar-refractivity contribution is 8.00. The third-order valence-electron chi connectivity index (χ3n) is 3.62. The van der Waals surface area contributed by atoms with E-state index in [4.69, 9.17) is 0 Å². The minimum atomic E-state index is -0.112. The Morgan fingerprint density at radius 3 is 2.26 bits per heavy atom. The average molecular weight is 328 g/mol. The first-order chi connectivity index (χ1) is 11.0. The first kappa shape index (κ1) is 17.4. The van der Waals surface area contributed by atoms with Gasteiger partial charge in [0.25, 0.3) is 0 Å². The molecular weight excluding hydrogens is 304 g/mol. The molecule has 2 aromatic rings. The number of carbonyl (C=O) groups is 1. The van der Waals surface area contributed by atoms with Crippen molar-refractivity contribution in [1.29, 1.82) is 0 Å². The van der Waals surface area contributed by atoms with Gasteiger partial charge in [-0.25, -0.2) is 0 Å². The van der Waals surface area contributed by atoms with Gasteiger partial charge < -0.3 is 10.2 Å². The van der Waals surface area contributed by atoms with Crippen LogP contribution in [0.3, 0.4) is 0 Å². The normalized spacial score (nSPS) is 11.8. The Morgan fingerprint density at radius 2 is 1.70 bits per heavy atom. The van der Waals surface area contributed by atoms with Crippen LogP contribution in [0.15, 0.2) is 53.4 Å². The second-order valence-electron chi connectivity index (χ2n) is 5.85. The summed E-state index contributed by atoms with van der Waals surface area (Å²) in [4.78, 5) is 15.4. The van der Waals surface area contributed by atoms with Gasteiger partial charge in [-0.1, -0.05) is 29.8 Å². The van der Waals surface area contributed by atoms with Crippen LogP contribution in [0.25, 0.3) is 0 Å². The molecule has 2 rings (SSSR count). The van der Waals surface area contributed by atoms with Crippen molar-refractivity contribution in [3.05, 3.63) is 59.7 Å². The summed E-state index contributed by atoms with van der Waals surface area (Å²) in [7, 11) is 4.03. The fourth-order valence-corrected chi connectivity index (χ4v) is 3.01. The molecule has 0 spiro atoms. The fraction of sp³-hybridized carbons (Fsp3) is 0.316. The minimum Gasteiger partial charge on any atom is -0.378 e. The standard InChI is InChI=1S/C19H24N2OS/c1-14-5-11-18(12-6-14)23-15(2)19(22)20-13-16-7-9-17(10-8-16)21(3)4/h5-12,15H,13H2,1-4H3,(H,20,22)/t15-/m0/s1. The second kappa shape index (κ2) is 8.06. The zero-order valence-corrected chi connectivity index (χ0v) is 15.0. The molecule has 0 bridgehead atoms. The molecule has 1 amide bonds. The molecule has 1 atom stereocenters. The smallest absolute Gasteiger partial charge is 0.233 e. The summed E-state index contributed by atoms with van der Waals surface area (Å²) in [6.45, 7) is 4.56. The summed E-state index contributed by atoms with van der Waals surface area (Å²) in [5, 5.41) is 2.89. The Bertz CT molecular complexity index is 635. The van der Waals surface area contributed by atoms with E-state index in [0.717, 1.165) is 16.1 Å². The Hall–Kier alpha value is -1.94. The van der Waals surface area contributed by atoms with Gasteiger partial charge in [-0.05, 0) is 43.7 Å². The Morgan fingerprint density at radius 1 is 1.09 bits per heavy atom. The van der Waals surface area contributed by atoms with Gasteiger partial charge in [0.15, 0.2) is 0 Å². The number of rotatable bonds is 6. The first-order valence-electron chi connectivity index (χ1n) is 7.73. The highest BCUT2D eigenvalue weighted by Gasteiger charge is 2.13. The first-order valence-corrected chi connectivity index (χ1v) is 8.61. The summed E-state index contributed by atoms with van der Waals surface area (Å²) in [5.41, 5.74) is 3.49. The molecule has 0 aromatic heterocycles. The van der Waals surface area contributed by atoms with Crippen molar-refractivity contribution in [3.63, 3.8) is 0 Å². The van der Waals surface area contributed by atoms with Gasteiger partial charge >= 0.3 is 0 Å². The monoisotopic (exact) mass is 328 g/mol. The zero-order valence-electron chi connectivity index (χ0n) is 14.2. The van der Waals surface area contributed by atoms with Crippen molar-refractivity contribution in [2.24, 2.45) is 0 Å². The number of nitrogens with zero attached hydrogens (tertiary/aromatic N) is 1. The van der Waals surface area contributed by atoms with E-state index < -0.39 is 0 Å². The third-order valence-corrected chi connectivity index (χ3v) is 4.73. The zero-order chi connectivity index (χ0) is 16.8. The van der Waals surface area contributed by atoms with Crippen LogP contribution in [-0.2, 0) is 11.3 Å². The molecule has 0 aliphatic rings. The summed E-state index contributed by atoms with van der Waals surface area (Å²) < 4.78 is 0. The minimum absolute atomic E-state index is 0.0623. The maximum absolute atomic E-state index is 12.2. The van der Waals surface area contributed by atoms with Crippen LogP contribution in [0.2, 0.25) is 0 Å². The number of amides is 1. The summed E-state index contributed by atoms with van der Waals surface area (Å²) in [6, 6.07) is 16.5. The van der Waals surface area contributed by atoms with Crippen molar-refractivity contribution in [3.8, 4) is 0 Å². The molecule has 0 fully saturated rings. The summed E-state index contributed by atoms with van der Waals surface area (Å²) >= 11 is 1.58. The average Bonchev–Trinajstić information content (AvgIpc) is 2.55. The van der Waals surface area contributed by atoms with E-state index in [9.17, 15) is 4.79 Å². The number of nitrogens with one attached hydrogen (secondary N) is 1. The molecule has 0 radical (unpaired) electrons. The van der Waals surface area contributed by atoms with E-state index in [2.05, 4.69) is 53.5 Å². The van der Waals surface area contributed by atoms with Crippen LogP contribution >= 0.6 is 11.8 Å². The lowest BCUT2D eigenvalue weighted by molar-refractivity contribution is -0.120. The van der Waals surface area contributed by atoms with Crippen molar-refractivity contribution in [2.45, 2.75) is 30.5 Å². The number of carbonyl (C=O) groups excluding carboxylic acids is 1. The Balaban J connectivity index is 1.84. The van der Waals surface area contributed by atoms with Crippen LogP contribution in [-0.4, -0.2) is 25.3 Å². The van der Waals surface area contributed by atoms with Crippen LogP contribution in [0.4, 0.5) is 5.69 Å². The molecule has 4 heteroatoms. The maximum Gasteiger partial charge on any atom is 0.233 e. The number of hydrogen-bond donors (Lipinski definition) is 1. The lowest BCUT2D eigenvalue weighted by Gasteiger charge is -2.14. The van der Waals surface area contributed by atoms with E-state index in [1.54, 1.807) is 11.8 Å². The van der Waals surface area contributed by atoms with Crippen molar-refractivity contribution in [2.75, 3.05) is 19.0 Å². The number of aryl methyl sites for hydroxylation is 1. The second-order valence-corrected chi connectivity index (χ2v) is 7.27. The lowest BCUT2D eigenvalue weighted by Crippen LogP contribution is -2.30. The van der Waals surface area contributed by atoms with Crippen LogP contribution in [0.1, 0.15) is 18.1 Å². The van der Waals surface area contributed by atoms with Gasteiger partial charge in [-0.2, -0.15) is 0 Å². The van der Waals surface area contributed by atoms with E-state index in [1.807, 2.05) is 33.2 Å². The highest BCUT2D eigenvalue weighted by atomic mass is 32.2. The molecule has 2 aromatic carbocycles. The van der Waals surface area contributed by atoms with Gasteiger partial charge in [-0.15, -0.1) is 11.8 Å². The van der Waals surface area contributed by atoms with Gasteiger partial charge in [0.2, 0.25) is 5.91 Å². The Kier molecular flexibility index (Phi) is 6.11. The summed E-state index contributed by atoms with van der Waals surface area (Å²) in [5.74, 6) is 0.0623. The number of benzene rings is 2. The molecule has 0 aliphatic carbocycles. The fourth-order valence-electron chi connectivity index (χ4n) is 2.12. The molecule has 3 nitrogen and oxygen atoms in total. The van der Waals surface area contributed by atoms with Gasteiger partial charge in [0.05, 0.1) is 5.25 Å². The van der Waals surface area contributed by atoms with E-state index in [-0.39, 0.29) is 11.2 Å². The molecule has 122 valence electrons. The van der Waals surface area contributed by atoms with Crippen molar-refractivity contribution >= 4 is 23.4 Å². The number of anilines is 1. The molecule has 0 unspecified atom stereocenters. The van der Waals surface area contributed by atoms with Crippen molar-refractivity contribution < 1.29 is 4.79 Å². The molecule has 0 heterocycles. The topological polar surface area (TPSA) is 32.3 Å². The lowest BCUT2D eigenvalue weighted by atomic mass is 10.2. The van der Waals surface area contributed by atoms with Gasteiger partial charge in [0.1, 0.15) is 0 Å².